The average molecular weight is 357 g/mol. The molecule has 0 heterocycles. The highest BCUT2D eigenvalue weighted by atomic mass is 31.2. The van der Waals surface area contributed by atoms with Crippen LogP contribution in [0.5, 0.6) is 0 Å². The molecule has 0 saturated carbocycles. The smallest absolute Gasteiger partial charge is 0.472 e. The van der Waals surface area contributed by atoms with Gasteiger partial charge in [0, 0.05) is 6.23 Å². The zero-order valence-corrected chi connectivity index (χ0v) is 17.0. The van der Waals surface area contributed by atoms with Crippen LogP contribution in [-0.4, -0.2) is 64.9 Å². The van der Waals surface area contributed by atoms with Gasteiger partial charge in [0.2, 0.25) is 0 Å². The number of quaternary nitrogens is 1. The monoisotopic (exact) mass is 357 g/mol. The van der Waals surface area contributed by atoms with E-state index in [1.165, 1.54) is 0 Å². The molecule has 22 heavy (non-hydrogen) atoms. The molecule has 9 heteroatoms. The molecule has 0 aliphatic heterocycles. The highest BCUT2D eigenvalue weighted by Gasteiger charge is 2.37. The fraction of sp³-hybridized carbons (Fsp3) is 1.00. The van der Waals surface area contributed by atoms with Crippen molar-refractivity contribution in [2.24, 2.45) is 0 Å². The second-order valence-electron chi connectivity index (χ2n) is 7.78. The first-order valence-corrected chi connectivity index (χ1v) is 11.7. The van der Waals surface area contributed by atoms with Gasteiger partial charge in [0.1, 0.15) is 0 Å². The van der Waals surface area contributed by atoms with Crippen molar-refractivity contribution >= 4 is 16.1 Å². The van der Waals surface area contributed by atoms with Gasteiger partial charge in [-0.15, -0.1) is 0 Å². The first kappa shape index (κ1) is 22.2. The fourth-order valence-electron chi connectivity index (χ4n) is 1.08. The lowest BCUT2D eigenvalue weighted by Crippen LogP contribution is -2.55. The van der Waals surface area contributed by atoms with E-state index < -0.39 is 22.4 Å². The molecule has 7 nitrogen and oxygen atoms in total. The van der Waals surface area contributed by atoms with Crippen molar-refractivity contribution in [1.29, 1.82) is 0 Å². The van der Waals surface area contributed by atoms with E-state index in [0.29, 0.717) is 0 Å². The Labute approximate surface area is 135 Å². The van der Waals surface area contributed by atoms with E-state index in [1.54, 1.807) is 21.1 Å². The summed E-state index contributed by atoms with van der Waals surface area (Å²) in [6.45, 7) is 10.3. The molecule has 0 aromatic carbocycles. The van der Waals surface area contributed by atoms with Crippen molar-refractivity contribution in [3.05, 3.63) is 0 Å². The normalized spacial score (nSPS) is 18.1. The van der Waals surface area contributed by atoms with Crippen LogP contribution in [0.1, 0.15) is 20.8 Å². The molecular formula is C13H32NO6PSi. The summed E-state index contributed by atoms with van der Waals surface area (Å²) in [7, 11) is -1.05. The largest absolute Gasteiger partial charge is 0.804 e. The number of hydrogen-bond donors (Lipinski definition) is 1. The van der Waals surface area contributed by atoms with Gasteiger partial charge in [0.25, 0.3) is 0 Å². The number of phosphoric acid groups is 1. The number of phosphoric ester groups is 1. The van der Waals surface area contributed by atoms with Crippen LogP contribution in [-0.2, 0) is 18.0 Å². The molecule has 0 aromatic heterocycles. The third-order valence-electron chi connectivity index (χ3n) is 3.85. The maximum absolute atomic E-state index is 11.7. The Hall–Kier alpha value is 0.207. The van der Waals surface area contributed by atoms with Crippen molar-refractivity contribution in [3.63, 3.8) is 0 Å². The van der Waals surface area contributed by atoms with Crippen LogP contribution in [0, 0.1) is 0 Å². The highest BCUT2D eigenvalue weighted by molar-refractivity contribution is 7.47. The lowest BCUT2D eigenvalue weighted by Gasteiger charge is -2.38. The summed E-state index contributed by atoms with van der Waals surface area (Å²) < 4.78 is 27.2. The molecule has 2 unspecified atom stereocenters. The lowest BCUT2D eigenvalue weighted by atomic mass is 10.2. The predicted octanol–water partition coefficient (Wildman–Crippen LogP) is 1.53. The summed E-state index contributed by atoms with van der Waals surface area (Å²) >= 11 is 0. The molecule has 0 aliphatic rings. The van der Waals surface area contributed by atoms with Gasteiger partial charge in [-0.25, -0.2) is 4.57 Å². The van der Waals surface area contributed by atoms with Gasteiger partial charge in [0.05, 0.1) is 41.0 Å². The second-order valence-corrected chi connectivity index (χ2v) is 14.0. The van der Waals surface area contributed by atoms with E-state index in [9.17, 15) is 14.6 Å². The summed E-state index contributed by atoms with van der Waals surface area (Å²) in [6, 6.07) is 0. The third-order valence-corrected chi connectivity index (χ3v) is 9.37. The minimum Gasteiger partial charge on any atom is -0.804 e. The second kappa shape index (κ2) is 7.85. The maximum atomic E-state index is 11.7. The van der Waals surface area contributed by atoms with E-state index in [0.717, 1.165) is 0 Å². The number of rotatable bonds is 9. The van der Waals surface area contributed by atoms with E-state index in [-0.39, 0.29) is 29.3 Å². The minimum absolute atomic E-state index is 0.0474. The van der Waals surface area contributed by atoms with E-state index in [2.05, 4.69) is 33.9 Å². The minimum atomic E-state index is -4.21. The molecule has 0 aliphatic carbocycles. The SMILES string of the molecule is CC(C)(C)[Si](C)(C)OCCOP(=O)(O)OCC([O-])[N+](C)(C)C. The molecule has 2 atom stereocenters. The van der Waals surface area contributed by atoms with Crippen LogP contribution in [0.2, 0.25) is 18.1 Å². The Bertz CT molecular complexity index is 391. The van der Waals surface area contributed by atoms with Crippen LogP contribution in [0.3, 0.4) is 0 Å². The van der Waals surface area contributed by atoms with Gasteiger partial charge < -0.3 is 18.9 Å². The quantitative estimate of drug-likeness (QED) is 0.221. The third kappa shape index (κ3) is 8.17. The van der Waals surface area contributed by atoms with Gasteiger partial charge in [-0.2, -0.15) is 0 Å². The molecule has 134 valence electrons. The fourth-order valence-corrected chi connectivity index (χ4v) is 2.81. The average Bonchev–Trinajstić information content (AvgIpc) is 2.29. The summed E-state index contributed by atoms with van der Waals surface area (Å²) in [5.41, 5.74) is 0. The molecule has 0 bridgehead atoms. The number of hydrogen-bond acceptors (Lipinski definition) is 5. The number of likely N-dealkylation sites (N-methyl/N-ethyl adjacent to an activating group) is 1. The molecular weight excluding hydrogens is 325 g/mol. The predicted molar refractivity (Wildman–Crippen MR) is 86.7 cm³/mol. The Kier molecular flexibility index (Phi) is 7.93. The van der Waals surface area contributed by atoms with Crippen LogP contribution in [0.15, 0.2) is 0 Å². The topological polar surface area (TPSA) is 88.1 Å². The zero-order valence-electron chi connectivity index (χ0n) is 15.1. The van der Waals surface area contributed by atoms with Crippen molar-refractivity contribution in [2.75, 3.05) is 41.0 Å². The Morgan fingerprint density at radius 2 is 1.68 bits per heavy atom. The Balaban J connectivity index is 4.18. The van der Waals surface area contributed by atoms with Crippen LogP contribution in [0.4, 0.5) is 0 Å². The Morgan fingerprint density at radius 3 is 2.09 bits per heavy atom. The molecule has 0 amide bonds. The lowest BCUT2D eigenvalue weighted by molar-refractivity contribution is -0.969. The van der Waals surface area contributed by atoms with Gasteiger partial charge in [0.15, 0.2) is 8.32 Å². The standard InChI is InChI=1S/C13H32NO6PSi/c1-13(2,3)22(7,8)20-10-9-18-21(16,17)19-11-12(15)14(4,5)6/h12H,9-11H2,1-8H3,(H,16,17). The summed E-state index contributed by atoms with van der Waals surface area (Å²) in [5, 5.41) is 11.8. The summed E-state index contributed by atoms with van der Waals surface area (Å²) in [6.07, 6.45) is -1.16. The van der Waals surface area contributed by atoms with E-state index >= 15 is 0 Å². The Morgan fingerprint density at radius 1 is 1.18 bits per heavy atom. The molecule has 0 rings (SSSR count). The highest BCUT2D eigenvalue weighted by Crippen LogP contribution is 2.43. The molecule has 0 saturated heterocycles. The van der Waals surface area contributed by atoms with Gasteiger partial charge >= 0.3 is 7.82 Å². The van der Waals surface area contributed by atoms with Crippen LogP contribution in [0.25, 0.3) is 0 Å². The molecule has 0 aromatic rings. The van der Waals surface area contributed by atoms with Crippen molar-refractivity contribution in [2.45, 2.75) is 45.1 Å². The van der Waals surface area contributed by atoms with Crippen molar-refractivity contribution in [1.82, 2.24) is 0 Å². The van der Waals surface area contributed by atoms with Crippen molar-refractivity contribution in [3.8, 4) is 0 Å². The molecule has 0 fully saturated rings. The first-order chi connectivity index (χ1) is 9.58. The molecule has 1 N–H and O–H groups in total. The van der Waals surface area contributed by atoms with Gasteiger partial charge in [-0.1, -0.05) is 20.8 Å². The van der Waals surface area contributed by atoms with Crippen LogP contribution >= 0.6 is 7.82 Å². The van der Waals surface area contributed by atoms with Gasteiger partial charge in [-0.05, 0) is 18.1 Å². The van der Waals surface area contributed by atoms with Crippen LogP contribution < -0.4 is 5.11 Å². The molecule has 0 radical (unpaired) electrons. The first-order valence-electron chi connectivity index (χ1n) is 7.31. The van der Waals surface area contributed by atoms with Crippen molar-refractivity contribution < 1.29 is 32.5 Å². The van der Waals surface area contributed by atoms with E-state index in [1.807, 2.05) is 0 Å². The number of nitrogens with zero attached hydrogens (tertiary/aromatic N) is 1. The molecule has 0 spiro atoms. The summed E-state index contributed by atoms with van der Waals surface area (Å²) in [5.74, 6) is 0. The maximum Gasteiger partial charge on any atom is 0.472 e. The summed E-state index contributed by atoms with van der Waals surface area (Å²) in [4.78, 5) is 9.54. The van der Waals surface area contributed by atoms with Gasteiger partial charge in [-0.3, -0.25) is 9.05 Å². The zero-order chi connectivity index (χ0) is 17.8. The van der Waals surface area contributed by atoms with E-state index in [4.69, 9.17) is 13.5 Å².